The molecule has 0 bridgehead atoms. The molecule has 3 heterocycles. The van der Waals surface area contributed by atoms with Crippen molar-refractivity contribution in [3.8, 4) is 5.75 Å². The second kappa shape index (κ2) is 5.99. The van der Waals surface area contributed by atoms with E-state index in [9.17, 15) is 9.90 Å². The highest BCUT2D eigenvalue weighted by Gasteiger charge is 2.38. The van der Waals surface area contributed by atoms with Gasteiger partial charge in [0.05, 0.1) is 19.3 Å². The number of carbonyl (C=O) groups is 1. The van der Waals surface area contributed by atoms with Crippen LogP contribution in [0.4, 0.5) is 0 Å². The van der Waals surface area contributed by atoms with Crippen molar-refractivity contribution >= 4 is 5.91 Å². The molecule has 0 aromatic carbocycles. The lowest BCUT2D eigenvalue weighted by Crippen LogP contribution is -2.41. The van der Waals surface area contributed by atoms with Crippen LogP contribution in [0.5, 0.6) is 5.75 Å². The summed E-state index contributed by atoms with van der Waals surface area (Å²) >= 11 is 0. The molecular formula is C15H21N3O3. The number of carbonyl (C=O) groups excluding carboxylic acids is 1. The zero-order chi connectivity index (χ0) is 14.8. The molecule has 2 aliphatic heterocycles. The lowest BCUT2D eigenvalue weighted by atomic mass is 10.2. The lowest BCUT2D eigenvalue weighted by molar-refractivity contribution is 0.0757. The van der Waals surface area contributed by atoms with E-state index in [4.69, 9.17) is 4.74 Å². The van der Waals surface area contributed by atoms with Gasteiger partial charge in [0.15, 0.2) is 0 Å². The van der Waals surface area contributed by atoms with Gasteiger partial charge >= 0.3 is 0 Å². The summed E-state index contributed by atoms with van der Waals surface area (Å²) in [4.78, 5) is 20.6. The van der Waals surface area contributed by atoms with Gasteiger partial charge in [0.2, 0.25) is 0 Å². The van der Waals surface area contributed by atoms with E-state index in [2.05, 4.69) is 9.88 Å². The number of hydrogen-bond donors (Lipinski definition) is 1. The van der Waals surface area contributed by atoms with Crippen LogP contribution >= 0.6 is 0 Å². The first-order chi connectivity index (χ1) is 10.2. The number of pyridine rings is 1. The van der Waals surface area contributed by atoms with Crippen LogP contribution in [0.15, 0.2) is 18.3 Å². The van der Waals surface area contributed by atoms with E-state index in [0.29, 0.717) is 24.5 Å². The van der Waals surface area contributed by atoms with E-state index in [1.807, 2.05) is 0 Å². The van der Waals surface area contributed by atoms with Gasteiger partial charge in [-0.25, -0.2) is 0 Å². The molecule has 1 aromatic rings. The molecule has 0 radical (unpaired) electrons. The monoisotopic (exact) mass is 291 g/mol. The number of nitrogens with zero attached hydrogens (tertiary/aromatic N) is 3. The van der Waals surface area contributed by atoms with E-state index in [-0.39, 0.29) is 11.9 Å². The number of amides is 1. The van der Waals surface area contributed by atoms with Gasteiger partial charge in [-0.15, -0.1) is 0 Å². The molecule has 2 fully saturated rings. The zero-order valence-corrected chi connectivity index (χ0v) is 12.2. The molecule has 2 atom stereocenters. The summed E-state index contributed by atoms with van der Waals surface area (Å²) < 4.78 is 5.12. The molecule has 0 saturated carbocycles. The smallest absolute Gasteiger partial charge is 0.272 e. The number of aliphatic hydroxyl groups is 1. The van der Waals surface area contributed by atoms with E-state index >= 15 is 0 Å². The van der Waals surface area contributed by atoms with Crippen molar-refractivity contribution < 1.29 is 14.6 Å². The summed E-state index contributed by atoms with van der Waals surface area (Å²) in [5.41, 5.74) is 0.364. The molecule has 0 spiro atoms. The predicted octanol–water partition coefficient (Wildman–Crippen LogP) is 0.371. The SMILES string of the molecule is COc1ccnc(C(=O)N2C[C@H](O)[C@@H](N3CCCC3)C2)c1. The fourth-order valence-electron chi connectivity index (χ4n) is 3.18. The first-order valence-electron chi connectivity index (χ1n) is 7.40. The summed E-state index contributed by atoms with van der Waals surface area (Å²) in [5, 5.41) is 10.2. The van der Waals surface area contributed by atoms with Gasteiger partial charge in [0, 0.05) is 25.4 Å². The Morgan fingerprint density at radius 3 is 2.86 bits per heavy atom. The second-order valence-electron chi connectivity index (χ2n) is 5.67. The average Bonchev–Trinajstić information content (AvgIpc) is 3.15. The molecule has 1 N–H and O–H groups in total. The highest BCUT2D eigenvalue weighted by Crippen LogP contribution is 2.22. The van der Waals surface area contributed by atoms with Crippen molar-refractivity contribution in [3.63, 3.8) is 0 Å². The number of aromatic nitrogens is 1. The molecule has 6 heteroatoms. The zero-order valence-electron chi connectivity index (χ0n) is 12.2. The number of ether oxygens (including phenoxy) is 1. The van der Waals surface area contributed by atoms with Gasteiger partial charge in [-0.2, -0.15) is 0 Å². The maximum atomic E-state index is 12.5. The van der Waals surface area contributed by atoms with Crippen LogP contribution < -0.4 is 4.74 Å². The minimum Gasteiger partial charge on any atom is -0.497 e. The summed E-state index contributed by atoms with van der Waals surface area (Å²) in [5.74, 6) is 0.471. The van der Waals surface area contributed by atoms with Crippen LogP contribution in [0.2, 0.25) is 0 Å². The van der Waals surface area contributed by atoms with Crippen LogP contribution in [0.25, 0.3) is 0 Å². The summed E-state index contributed by atoms with van der Waals surface area (Å²) in [7, 11) is 1.56. The van der Waals surface area contributed by atoms with Crippen molar-refractivity contribution in [3.05, 3.63) is 24.0 Å². The van der Waals surface area contributed by atoms with Gasteiger partial charge in [0.25, 0.3) is 5.91 Å². The van der Waals surface area contributed by atoms with Crippen LogP contribution in [0, 0.1) is 0 Å². The molecular weight excluding hydrogens is 270 g/mol. The highest BCUT2D eigenvalue weighted by atomic mass is 16.5. The molecule has 21 heavy (non-hydrogen) atoms. The standard InChI is InChI=1S/C15H21N3O3/c1-21-11-4-5-16-12(8-11)15(20)18-9-13(14(19)10-18)17-6-2-3-7-17/h4-5,8,13-14,19H,2-3,6-7,9-10H2,1H3/t13-,14-/m0/s1. The van der Waals surface area contributed by atoms with Crippen molar-refractivity contribution in [1.82, 2.24) is 14.8 Å². The van der Waals surface area contributed by atoms with Crippen LogP contribution in [0.1, 0.15) is 23.3 Å². The number of aliphatic hydroxyl groups excluding tert-OH is 1. The third-order valence-electron chi connectivity index (χ3n) is 4.34. The molecule has 1 aromatic heterocycles. The minimum atomic E-state index is -0.474. The van der Waals surface area contributed by atoms with Crippen LogP contribution in [0.3, 0.4) is 0 Å². The number of rotatable bonds is 3. The highest BCUT2D eigenvalue weighted by molar-refractivity contribution is 5.93. The summed E-state index contributed by atoms with van der Waals surface area (Å²) in [6.45, 7) is 2.97. The Balaban J connectivity index is 1.70. The summed E-state index contributed by atoms with van der Waals surface area (Å²) in [6, 6.07) is 3.41. The number of β-amino-alcohol motifs (C(OH)–C–C–N with tert-alkyl or cyclic N) is 1. The number of hydrogen-bond acceptors (Lipinski definition) is 5. The Kier molecular flexibility index (Phi) is 4.07. The van der Waals surface area contributed by atoms with Crippen molar-refractivity contribution in [2.75, 3.05) is 33.3 Å². The number of methoxy groups -OCH3 is 1. The Bertz CT molecular complexity index is 517. The van der Waals surface area contributed by atoms with Gasteiger partial charge in [-0.3, -0.25) is 14.7 Å². The van der Waals surface area contributed by atoms with Gasteiger partial charge in [0.1, 0.15) is 11.4 Å². The van der Waals surface area contributed by atoms with E-state index in [1.165, 1.54) is 12.8 Å². The van der Waals surface area contributed by atoms with Crippen molar-refractivity contribution in [2.24, 2.45) is 0 Å². The average molecular weight is 291 g/mol. The van der Waals surface area contributed by atoms with Crippen molar-refractivity contribution in [1.29, 1.82) is 0 Å². The third kappa shape index (κ3) is 2.87. The third-order valence-corrected chi connectivity index (χ3v) is 4.34. The first kappa shape index (κ1) is 14.3. The quantitative estimate of drug-likeness (QED) is 0.871. The van der Waals surface area contributed by atoms with Crippen LogP contribution in [-0.2, 0) is 0 Å². The Hall–Kier alpha value is -1.66. The Morgan fingerprint density at radius 2 is 2.14 bits per heavy atom. The normalized spacial score (nSPS) is 26.3. The van der Waals surface area contributed by atoms with Gasteiger partial charge < -0.3 is 14.7 Å². The Morgan fingerprint density at radius 1 is 1.38 bits per heavy atom. The molecule has 1 amide bonds. The minimum absolute atomic E-state index is 0.0575. The molecule has 2 aliphatic rings. The fourth-order valence-corrected chi connectivity index (χ4v) is 3.18. The first-order valence-corrected chi connectivity index (χ1v) is 7.40. The molecule has 114 valence electrons. The summed E-state index contributed by atoms with van der Waals surface area (Å²) in [6.07, 6.45) is 3.44. The van der Waals surface area contributed by atoms with E-state index in [0.717, 1.165) is 13.1 Å². The second-order valence-corrected chi connectivity index (χ2v) is 5.67. The van der Waals surface area contributed by atoms with E-state index < -0.39 is 6.10 Å². The molecule has 0 unspecified atom stereocenters. The fraction of sp³-hybridized carbons (Fsp3) is 0.600. The maximum Gasteiger partial charge on any atom is 0.272 e. The van der Waals surface area contributed by atoms with Gasteiger partial charge in [-0.05, 0) is 32.0 Å². The van der Waals surface area contributed by atoms with E-state index in [1.54, 1.807) is 30.3 Å². The van der Waals surface area contributed by atoms with Crippen molar-refractivity contribution in [2.45, 2.75) is 25.0 Å². The predicted molar refractivity (Wildman–Crippen MR) is 77.3 cm³/mol. The number of likely N-dealkylation sites (tertiary alicyclic amines) is 2. The topological polar surface area (TPSA) is 65.9 Å². The Labute approximate surface area is 124 Å². The maximum absolute atomic E-state index is 12.5. The molecule has 3 rings (SSSR count). The molecule has 6 nitrogen and oxygen atoms in total. The molecule has 0 aliphatic carbocycles. The lowest BCUT2D eigenvalue weighted by Gasteiger charge is -2.25. The molecule has 2 saturated heterocycles. The van der Waals surface area contributed by atoms with Gasteiger partial charge in [-0.1, -0.05) is 0 Å². The largest absolute Gasteiger partial charge is 0.497 e. The van der Waals surface area contributed by atoms with Crippen LogP contribution in [-0.4, -0.2) is 71.2 Å².